The van der Waals surface area contributed by atoms with Crippen molar-refractivity contribution in [2.75, 3.05) is 20.1 Å². The van der Waals surface area contributed by atoms with E-state index in [1.54, 1.807) is 0 Å². The van der Waals surface area contributed by atoms with Crippen molar-refractivity contribution >= 4 is 0 Å². The van der Waals surface area contributed by atoms with E-state index in [9.17, 15) is 0 Å². The van der Waals surface area contributed by atoms with E-state index in [2.05, 4.69) is 45.4 Å². The minimum atomic E-state index is 1.02. The molecule has 0 N–H and O–H groups in total. The number of hydrogen-bond donors (Lipinski definition) is 0. The SMILES string of the molecule is C=C/C=C\C(CN(C)CC)=C(C)C.CC.CC.CC. The third-order valence-corrected chi connectivity index (χ3v) is 2.06. The average molecular weight is 270 g/mol. The molecule has 0 fully saturated rings. The van der Waals surface area contributed by atoms with Gasteiger partial charge in [-0.1, -0.05) is 78.8 Å². The summed E-state index contributed by atoms with van der Waals surface area (Å²) in [6.07, 6.45) is 5.94. The summed E-state index contributed by atoms with van der Waals surface area (Å²) in [6, 6.07) is 0. The zero-order valence-corrected chi connectivity index (χ0v) is 15.3. The van der Waals surface area contributed by atoms with Crippen LogP contribution in [0.4, 0.5) is 0 Å². The van der Waals surface area contributed by atoms with Gasteiger partial charge >= 0.3 is 0 Å². The van der Waals surface area contributed by atoms with Crippen LogP contribution in [0.5, 0.6) is 0 Å². The smallest absolute Gasteiger partial charge is 0.0229 e. The van der Waals surface area contributed by atoms with E-state index in [1.807, 2.05) is 53.7 Å². The molecule has 0 unspecified atom stereocenters. The monoisotopic (exact) mass is 269 g/mol. The number of likely N-dealkylation sites (N-methyl/N-ethyl adjacent to an activating group) is 1. The summed E-state index contributed by atoms with van der Waals surface area (Å²) in [5.41, 5.74) is 2.75. The molecule has 0 atom stereocenters. The summed E-state index contributed by atoms with van der Waals surface area (Å²) in [7, 11) is 2.13. The Morgan fingerprint density at radius 3 is 1.68 bits per heavy atom. The summed E-state index contributed by atoms with van der Waals surface area (Å²) in [5.74, 6) is 0. The van der Waals surface area contributed by atoms with Crippen LogP contribution in [-0.2, 0) is 0 Å². The maximum atomic E-state index is 3.67. The van der Waals surface area contributed by atoms with Crippen molar-refractivity contribution in [3.63, 3.8) is 0 Å². The van der Waals surface area contributed by atoms with Crippen molar-refractivity contribution in [3.8, 4) is 0 Å². The van der Waals surface area contributed by atoms with E-state index in [4.69, 9.17) is 0 Å². The molecule has 1 nitrogen and oxygen atoms in total. The molecule has 0 aromatic heterocycles. The van der Waals surface area contributed by atoms with E-state index >= 15 is 0 Å². The van der Waals surface area contributed by atoms with Gasteiger partial charge in [0.1, 0.15) is 0 Å². The van der Waals surface area contributed by atoms with E-state index in [-0.39, 0.29) is 0 Å². The zero-order valence-electron chi connectivity index (χ0n) is 15.3. The van der Waals surface area contributed by atoms with Crippen molar-refractivity contribution in [3.05, 3.63) is 36.0 Å². The van der Waals surface area contributed by atoms with Gasteiger partial charge in [-0.15, -0.1) is 0 Å². The highest BCUT2D eigenvalue weighted by Gasteiger charge is 1.98. The highest BCUT2D eigenvalue weighted by atomic mass is 15.1. The predicted molar refractivity (Wildman–Crippen MR) is 94.9 cm³/mol. The zero-order chi connectivity index (χ0) is 16.3. The van der Waals surface area contributed by atoms with Gasteiger partial charge in [-0.3, -0.25) is 0 Å². The van der Waals surface area contributed by atoms with Crippen molar-refractivity contribution < 1.29 is 0 Å². The first-order valence-corrected chi connectivity index (χ1v) is 7.75. The number of hydrogen-bond acceptors (Lipinski definition) is 1. The molecule has 0 aromatic rings. The molecule has 19 heavy (non-hydrogen) atoms. The van der Waals surface area contributed by atoms with Gasteiger partial charge in [0, 0.05) is 6.54 Å². The van der Waals surface area contributed by atoms with Crippen molar-refractivity contribution in [1.29, 1.82) is 0 Å². The third kappa shape index (κ3) is 22.8. The first-order valence-electron chi connectivity index (χ1n) is 7.75. The average Bonchev–Trinajstić information content (AvgIpc) is 2.49. The van der Waals surface area contributed by atoms with Gasteiger partial charge in [0.2, 0.25) is 0 Å². The van der Waals surface area contributed by atoms with Gasteiger partial charge < -0.3 is 4.90 Å². The maximum absolute atomic E-state index is 3.67. The molecule has 0 rings (SSSR count). The maximum Gasteiger partial charge on any atom is 0.0229 e. The second kappa shape index (κ2) is 25.9. The van der Waals surface area contributed by atoms with Crippen LogP contribution in [0.3, 0.4) is 0 Å². The molecule has 0 bridgehead atoms. The topological polar surface area (TPSA) is 3.24 Å². The summed E-state index contributed by atoms with van der Waals surface area (Å²) < 4.78 is 0. The minimum absolute atomic E-state index is 1.02. The Morgan fingerprint density at radius 1 is 1.00 bits per heavy atom. The first kappa shape index (κ1) is 26.7. The Bertz CT molecular complexity index is 208. The Kier molecular flexibility index (Phi) is 36.4. The third-order valence-electron chi connectivity index (χ3n) is 2.06. The van der Waals surface area contributed by atoms with Crippen LogP contribution in [0.2, 0.25) is 0 Å². The summed E-state index contributed by atoms with van der Waals surface area (Å²) in [6.45, 7) is 24.2. The molecule has 0 radical (unpaired) electrons. The van der Waals surface area contributed by atoms with Gasteiger partial charge in [-0.25, -0.2) is 0 Å². The van der Waals surface area contributed by atoms with Gasteiger partial charge in [0.15, 0.2) is 0 Å². The predicted octanol–water partition coefficient (Wildman–Crippen LogP) is 6.10. The van der Waals surface area contributed by atoms with E-state index in [1.165, 1.54) is 11.1 Å². The molecule has 0 heterocycles. The van der Waals surface area contributed by atoms with Crippen LogP contribution < -0.4 is 0 Å². The molecule has 0 aliphatic carbocycles. The van der Waals surface area contributed by atoms with E-state index < -0.39 is 0 Å². The highest BCUT2D eigenvalue weighted by Crippen LogP contribution is 2.06. The van der Waals surface area contributed by atoms with Crippen molar-refractivity contribution in [2.24, 2.45) is 0 Å². The quantitative estimate of drug-likeness (QED) is 0.545. The summed E-state index contributed by atoms with van der Waals surface area (Å²) in [5, 5.41) is 0. The van der Waals surface area contributed by atoms with Crippen LogP contribution in [0, 0.1) is 0 Å². The Hall–Kier alpha value is -0.820. The molecule has 0 amide bonds. The number of rotatable bonds is 5. The Morgan fingerprint density at radius 2 is 1.42 bits per heavy atom. The van der Waals surface area contributed by atoms with Crippen molar-refractivity contribution in [2.45, 2.75) is 62.3 Å². The van der Waals surface area contributed by atoms with E-state index in [0.29, 0.717) is 0 Å². The van der Waals surface area contributed by atoms with Gasteiger partial charge in [0.05, 0.1) is 0 Å². The molecule has 0 saturated heterocycles. The van der Waals surface area contributed by atoms with Crippen LogP contribution in [0.15, 0.2) is 36.0 Å². The molecule has 0 aliphatic heterocycles. The minimum Gasteiger partial charge on any atom is -0.302 e. The van der Waals surface area contributed by atoms with Crippen LogP contribution >= 0.6 is 0 Å². The second-order valence-electron chi connectivity index (χ2n) is 3.45. The van der Waals surface area contributed by atoms with Crippen molar-refractivity contribution in [1.82, 2.24) is 4.90 Å². The largest absolute Gasteiger partial charge is 0.302 e. The molecular formula is C18H39N. The normalized spacial score (nSPS) is 8.37. The lowest BCUT2D eigenvalue weighted by Gasteiger charge is -2.15. The van der Waals surface area contributed by atoms with Gasteiger partial charge in [0.25, 0.3) is 0 Å². The lowest BCUT2D eigenvalue weighted by Crippen LogP contribution is -2.20. The Balaban J connectivity index is -0.000000163. The summed E-state index contributed by atoms with van der Waals surface area (Å²) in [4.78, 5) is 2.29. The van der Waals surface area contributed by atoms with E-state index in [0.717, 1.165) is 13.1 Å². The lowest BCUT2D eigenvalue weighted by atomic mass is 10.1. The molecular weight excluding hydrogens is 230 g/mol. The molecule has 116 valence electrons. The molecule has 1 heteroatoms. The molecule has 0 saturated carbocycles. The molecule has 0 aliphatic rings. The second-order valence-corrected chi connectivity index (χ2v) is 3.45. The van der Waals surface area contributed by atoms with Crippen LogP contribution in [0.1, 0.15) is 62.3 Å². The number of nitrogens with zero attached hydrogens (tertiary/aromatic N) is 1. The van der Waals surface area contributed by atoms with Crippen LogP contribution in [0.25, 0.3) is 0 Å². The fourth-order valence-electron chi connectivity index (χ4n) is 0.964. The van der Waals surface area contributed by atoms with Gasteiger partial charge in [-0.05, 0) is 33.0 Å². The molecule has 0 spiro atoms. The standard InChI is InChI=1S/C12H21N.3C2H6/c1-6-8-9-12(11(3)4)10-13(5)7-2;3*1-2/h6,8-9H,1,7,10H2,2-5H3;3*1-2H3/b9-8-;;;. The van der Waals surface area contributed by atoms with Gasteiger partial charge in [-0.2, -0.15) is 0 Å². The molecule has 0 aromatic carbocycles. The fraction of sp³-hybridized carbons (Fsp3) is 0.667. The lowest BCUT2D eigenvalue weighted by molar-refractivity contribution is 0.385. The number of allylic oxidation sites excluding steroid dienone is 3. The Labute approximate surface area is 124 Å². The van der Waals surface area contributed by atoms with Crippen LogP contribution in [-0.4, -0.2) is 25.0 Å². The highest BCUT2D eigenvalue weighted by molar-refractivity contribution is 5.26. The first-order chi connectivity index (χ1) is 9.11. The fourth-order valence-corrected chi connectivity index (χ4v) is 0.964. The summed E-state index contributed by atoms with van der Waals surface area (Å²) >= 11 is 0.